The molecule has 0 atom stereocenters. The molecule has 0 saturated carbocycles. The van der Waals surface area contributed by atoms with E-state index in [4.69, 9.17) is 0 Å². The van der Waals surface area contributed by atoms with Crippen LogP contribution in [0.2, 0.25) is 0 Å². The molecular formula is C13H14BrN3S. The van der Waals surface area contributed by atoms with Gasteiger partial charge in [0.1, 0.15) is 11.6 Å². The normalized spacial score (nSPS) is 10.4. The van der Waals surface area contributed by atoms with E-state index in [2.05, 4.69) is 62.4 Å². The smallest absolute Gasteiger partial charge is 0.143 e. The first-order valence-corrected chi connectivity index (χ1v) is 7.36. The molecule has 1 aromatic carbocycles. The SMILES string of the molecule is CNc1nc(CSc2ccccc2C)ncc1Br. The van der Waals surface area contributed by atoms with Crippen LogP contribution in [0, 0.1) is 6.92 Å². The van der Waals surface area contributed by atoms with Crippen molar-refractivity contribution in [3.63, 3.8) is 0 Å². The molecule has 1 aromatic heterocycles. The molecule has 0 unspecified atom stereocenters. The van der Waals surface area contributed by atoms with Gasteiger partial charge < -0.3 is 5.32 Å². The number of aromatic nitrogens is 2. The summed E-state index contributed by atoms with van der Waals surface area (Å²) in [5.41, 5.74) is 1.29. The standard InChI is InChI=1S/C13H14BrN3S/c1-9-5-3-4-6-11(9)18-8-12-16-7-10(14)13(15-2)17-12/h3-7H,8H2,1-2H3,(H,15,16,17). The van der Waals surface area contributed by atoms with Crippen molar-refractivity contribution in [1.82, 2.24) is 9.97 Å². The number of nitrogens with zero attached hydrogens (tertiary/aromatic N) is 2. The molecule has 0 bridgehead atoms. The van der Waals surface area contributed by atoms with Crippen LogP contribution in [-0.4, -0.2) is 17.0 Å². The predicted octanol–water partition coefficient (Wildman–Crippen LogP) is 3.88. The zero-order valence-electron chi connectivity index (χ0n) is 10.3. The van der Waals surface area contributed by atoms with Gasteiger partial charge in [0.15, 0.2) is 0 Å². The first-order chi connectivity index (χ1) is 8.70. The average Bonchev–Trinajstić information content (AvgIpc) is 2.39. The summed E-state index contributed by atoms with van der Waals surface area (Å²) in [6, 6.07) is 8.34. The first-order valence-electron chi connectivity index (χ1n) is 5.58. The lowest BCUT2D eigenvalue weighted by atomic mass is 10.2. The summed E-state index contributed by atoms with van der Waals surface area (Å²) in [5, 5.41) is 3.04. The van der Waals surface area contributed by atoms with Crippen LogP contribution in [0.5, 0.6) is 0 Å². The van der Waals surface area contributed by atoms with Gasteiger partial charge in [-0.25, -0.2) is 9.97 Å². The largest absolute Gasteiger partial charge is 0.372 e. The van der Waals surface area contributed by atoms with Crippen LogP contribution in [0.4, 0.5) is 5.82 Å². The third-order valence-electron chi connectivity index (χ3n) is 2.48. The van der Waals surface area contributed by atoms with Crippen molar-refractivity contribution in [3.05, 3.63) is 46.3 Å². The number of halogens is 1. The summed E-state index contributed by atoms with van der Waals surface area (Å²) in [4.78, 5) is 10.0. The number of benzene rings is 1. The van der Waals surface area contributed by atoms with E-state index in [0.717, 1.165) is 21.9 Å². The highest BCUT2D eigenvalue weighted by Crippen LogP contribution is 2.26. The lowest BCUT2D eigenvalue weighted by molar-refractivity contribution is 1.02. The average molecular weight is 324 g/mol. The van der Waals surface area contributed by atoms with Crippen LogP contribution < -0.4 is 5.32 Å². The number of aryl methyl sites for hydroxylation is 1. The lowest BCUT2D eigenvalue weighted by Crippen LogP contribution is -1.99. The number of hydrogen-bond acceptors (Lipinski definition) is 4. The zero-order valence-corrected chi connectivity index (χ0v) is 12.7. The summed E-state index contributed by atoms with van der Waals surface area (Å²) in [6.45, 7) is 2.11. The van der Waals surface area contributed by atoms with Crippen LogP contribution in [-0.2, 0) is 5.75 Å². The van der Waals surface area contributed by atoms with Crippen LogP contribution in [0.3, 0.4) is 0 Å². The fourth-order valence-electron chi connectivity index (χ4n) is 1.51. The molecule has 0 saturated heterocycles. The van der Waals surface area contributed by atoms with E-state index in [9.17, 15) is 0 Å². The Balaban J connectivity index is 2.09. The Hall–Kier alpha value is -1.07. The van der Waals surface area contributed by atoms with E-state index in [1.165, 1.54) is 10.5 Å². The Morgan fingerprint density at radius 1 is 1.33 bits per heavy atom. The van der Waals surface area contributed by atoms with Crippen LogP contribution in [0.25, 0.3) is 0 Å². The summed E-state index contributed by atoms with van der Waals surface area (Å²) in [7, 11) is 1.85. The molecule has 0 aliphatic rings. The highest BCUT2D eigenvalue weighted by molar-refractivity contribution is 9.10. The number of hydrogen-bond donors (Lipinski definition) is 1. The predicted molar refractivity (Wildman–Crippen MR) is 80.0 cm³/mol. The molecule has 3 nitrogen and oxygen atoms in total. The number of anilines is 1. The summed E-state index contributed by atoms with van der Waals surface area (Å²) >= 11 is 5.16. The molecule has 18 heavy (non-hydrogen) atoms. The van der Waals surface area contributed by atoms with Gasteiger partial charge in [-0.05, 0) is 34.5 Å². The molecule has 0 amide bonds. The molecule has 0 spiro atoms. The fraction of sp³-hybridized carbons (Fsp3) is 0.231. The monoisotopic (exact) mass is 323 g/mol. The Bertz CT molecular complexity index is 546. The van der Waals surface area contributed by atoms with Gasteiger partial charge in [0.05, 0.1) is 10.2 Å². The summed E-state index contributed by atoms with van der Waals surface area (Å²) < 4.78 is 0.884. The van der Waals surface area contributed by atoms with E-state index in [0.29, 0.717) is 0 Å². The quantitative estimate of drug-likeness (QED) is 0.866. The molecule has 94 valence electrons. The lowest BCUT2D eigenvalue weighted by Gasteiger charge is -2.06. The molecule has 0 aliphatic carbocycles. The molecule has 2 rings (SSSR count). The van der Waals surface area contributed by atoms with Gasteiger partial charge in [0.2, 0.25) is 0 Å². The van der Waals surface area contributed by atoms with Gasteiger partial charge in [0.25, 0.3) is 0 Å². The molecule has 0 fully saturated rings. The second-order valence-corrected chi connectivity index (χ2v) is 5.66. The maximum Gasteiger partial charge on any atom is 0.143 e. The Kier molecular flexibility index (Phi) is 4.60. The molecule has 0 aliphatic heterocycles. The number of nitrogens with one attached hydrogen (secondary N) is 1. The van der Waals surface area contributed by atoms with Gasteiger partial charge in [0, 0.05) is 18.1 Å². The van der Waals surface area contributed by atoms with Crippen LogP contribution >= 0.6 is 27.7 Å². The Morgan fingerprint density at radius 2 is 2.11 bits per heavy atom. The van der Waals surface area contributed by atoms with Gasteiger partial charge >= 0.3 is 0 Å². The van der Waals surface area contributed by atoms with E-state index in [1.54, 1.807) is 18.0 Å². The molecule has 0 radical (unpaired) electrons. The molecule has 2 aromatic rings. The van der Waals surface area contributed by atoms with Gasteiger partial charge in [-0.15, -0.1) is 11.8 Å². The maximum atomic E-state index is 4.45. The van der Waals surface area contributed by atoms with Crippen molar-refractivity contribution in [3.8, 4) is 0 Å². The van der Waals surface area contributed by atoms with Gasteiger partial charge in [-0.2, -0.15) is 0 Å². The minimum atomic E-state index is 0.771. The van der Waals surface area contributed by atoms with E-state index >= 15 is 0 Å². The third kappa shape index (κ3) is 3.23. The molecule has 5 heteroatoms. The molecule has 1 heterocycles. The van der Waals surface area contributed by atoms with E-state index in [-0.39, 0.29) is 0 Å². The summed E-state index contributed by atoms with van der Waals surface area (Å²) in [6.07, 6.45) is 1.78. The molecular weight excluding hydrogens is 310 g/mol. The third-order valence-corrected chi connectivity index (χ3v) is 4.23. The number of thioether (sulfide) groups is 1. The second kappa shape index (κ2) is 6.20. The van der Waals surface area contributed by atoms with Crippen molar-refractivity contribution in [2.45, 2.75) is 17.6 Å². The van der Waals surface area contributed by atoms with Crippen LogP contribution in [0.1, 0.15) is 11.4 Å². The van der Waals surface area contributed by atoms with E-state index in [1.807, 2.05) is 7.05 Å². The van der Waals surface area contributed by atoms with Crippen molar-refractivity contribution < 1.29 is 0 Å². The summed E-state index contributed by atoms with van der Waals surface area (Å²) in [5.74, 6) is 2.42. The van der Waals surface area contributed by atoms with Crippen molar-refractivity contribution in [2.75, 3.05) is 12.4 Å². The molecule has 1 N–H and O–H groups in total. The van der Waals surface area contributed by atoms with Crippen LogP contribution in [0.15, 0.2) is 39.8 Å². The Morgan fingerprint density at radius 3 is 2.83 bits per heavy atom. The van der Waals surface area contributed by atoms with Gasteiger partial charge in [-0.1, -0.05) is 18.2 Å². The topological polar surface area (TPSA) is 37.8 Å². The van der Waals surface area contributed by atoms with Crippen molar-refractivity contribution in [2.24, 2.45) is 0 Å². The second-order valence-electron chi connectivity index (χ2n) is 3.79. The maximum absolute atomic E-state index is 4.45. The first kappa shape index (κ1) is 13.4. The Labute approximate surface area is 120 Å². The highest BCUT2D eigenvalue weighted by Gasteiger charge is 2.05. The van der Waals surface area contributed by atoms with Gasteiger partial charge in [-0.3, -0.25) is 0 Å². The minimum Gasteiger partial charge on any atom is -0.372 e. The van der Waals surface area contributed by atoms with E-state index < -0.39 is 0 Å². The van der Waals surface area contributed by atoms with Crippen molar-refractivity contribution in [1.29, 1.82) is 0 Å². The van der Waals surface area contributed by atoms with Crippen molar-refractivity contribution >= 4 is 33.5 Å². The number of rotatable bonds is 4. The fourth-order valence-corrected chi connectivity index (χ4v) is 2.79. The zero-order chi connectivity index (χ0) is 13.0. The minimum absolute atomic E-state index is 0.771. The highest BCUT2D eigenvalue weighted by atomic mass is 79.9.